The first-order valence-corrected chi connectivity index (χ1v) is 8.29. The first-order chi connectivity index (χ1) is 7.54. The fraction of sp³-hybridized carbons (Fsp3) is 0.583. The van der Waals surface area contributed by atoms with Crippen LogP contribution in [0.2, 0.25) is 0 Å². The van der Waals surface area contributed by atoms with E-state index in [1.165, 1.54) is 5.56 Å². The van der Waals surface area contributed by atoms with E-state index in [0.29, 0.717) is 5.92 Å². The van der Waals surface area contributed by atoms with Gasteiger partial charge in [-0.05, 0) is 45.3 Å². The Hall–Kier alpha value is 0.590. The molecule has 16 heavy (non-hydrogen) atoms. The van der Waals surface area contributed by atoms with Gasteiger partial charge in [0, 0.05) is 27.5 Å². The predicted octanol–water partition coefficient (Wildman–Crippen LogP) is 4.82. The number of aromatic nitrogens is 1. The number of alkyl halides is 2. The quantitative estimate of drug-likeness (QED) is 0.631. The van der Waals surface area contributed by atoms with Crippen molar-refractivity contribution in [2.45, 2.75) is 20.3 Å². The van der Waals surface area contributed by atoms with Crippen LogP contribution >= 0.6 is 47.8 Å². The van der Waals surface area contributed by atoms with E-state index in [9.17, 15) is 0 Å². The third-order valence-electron chi connectivity index (χ3n) is 3.07. The molecule has 1 rings (SSSR count). The topological polar surface area (TPSA) is 12.9 Å². The molecule has 0 saturated carbocycles. The van der Waals surface area contributed by atoms with Crippen molar-refractivity contribution in [3.05, 3.63) is 28.5 Å². The Bertz CT molecular complexity index is 335. The van der Waals surface area contributed by atoms with Crippen LogP contribution in [0.4, 0.5) is 0 Å². The summed E-state index contributed by atoms with van der Waals surface area (Å²) in [6, 6.07) is 2.15. The van der Waals surface area contributed by atoms with Gasteiger partial charge in [-0.25, -0.2) is 0 Å². The van der Waals surface area contributed by atoms with Crippen molar-refractivity contribution in [2.24, 2.45) is 11.3 Å². The number of halogens is 3. The Morgan fingerprint density at radius 1 is 1.25 bits per heavy atom. The molecule has 0 N–H and O–H groups in total. The number of hydrogen-bond acceptors (Lipinski definition) is 1. The highest BCUT2D eigenvalue weighted by Gasteiger charge is 2.31. The minimum Gasteiger partial charge on any atom is -0.263 e. The molecule has 1 nitrogen and oxygen atoms in total. The van der Waals surface area contributed by atoms with Crippen molar-refractivity contribution in [1.29, 1.82) is 0 Å². The fourth-order valence-corrected chi connectivity index (χ4v) is 4.63. The smallest absolute Gasteiger partial charge is 0.0410 e. The molecule has 0 aromatic carbocycles. The van der Waals surface area contributed by atoms with Crippen molar-refractivity contribution < 1.29 is 0 Å². The summed E-state index contributed by atoms with van der Waals surface area (Å²) in [4.78, 5) is 4.22. The van der Waals surface area contributed by atoms with Gasteiger partial charge in [0.25, 0.3) is 0 Å². The summed E-state index contributed by atoms with van der Waals surface area (Å²) in [5, 5.41) is 1.99. The number of pyridine rings is 1. The van der Waals surface area contributed by atoms with Gasteiger partial charge in [0.2, 0.25) is 0 Å². The monoisotopic (exact) mass is 411 g/mol. The van der Waals surface area contributed by atoms with Crippen LogP contribution in [0, 0.1) is 11.3 Å². The Balaban J connectivity index is 2.91. The molecule has 0 aliphatic rings. The summed E-state index contributed by atoms with van der Waals surface area (Å²) in [6.45, 7) is 4.54. The van der Waals surface area contributed by atoms with E-state index in [1.807, 2.05) is 12.4 Å². The Morgan fingerprint density at radius 3 is 2.31 bits per heavy atom. The Labute approximate surface area is 123 Å². The van der Waals surface area contributed by atoms with Gasteiger partial charge in [0.1, 0.15) is 0 Å². The van der Waals surface area contributed by atoms with E-state index in [0.717, 1.165) is 21.6 Å². The van der Waals surface area contributed by atoms with Gasteiger partial charge in [-0.15, -0.1) is 0 Å². The lowest BCUT2D eigenvalue weighted by Gasteiger charge is -2.34. The molecule has 0 spiro atoms. The highest BCUT2D eigenvalue weighted by atomic mass is 79.9. The molecular formula is C12H16Br3N. The normalized spacial score (nSPS) is 12.1. The second kappa shape index (κ2) is 6.50. The molecule has 0 radical (unpaired) electrons. The van der Waals surface area contributed by atoms with Gasteiger partial charge < -0.3 is 0 Å². The second-order valence-corrected chi connectivity index (χ2v) is 6.51. The maximum Gasteiger partial charge on any atom is 0.0410 e. The SMILES string of the molecule is CC(C)C(CBr)(CBr)Cc1cncc(Br)c1. The molecule has 90 valence electrons. The Morgan fingerprint density at radius 2 is 1.88 bits per heavy atom. The zero-order valence-corrected chi connectivity index (χ0v) is 14.3. The van der Waals surface area contributed by atoms with Crippen LogP contribution < -0.4 is 0 Å². The van der Waals surface area contributed by atoms with E-state index >= 15 is 0 Å². The maximum atomic E-state index is 4.22. The minimum absolute atomic E-state index is 0.252. The lowest BCUT2D eigenvalue weighted by molar-refractivity contribution is 0.267. The highest BCUT2D eigenvalue weighted by molar-refractivity contribution is 9.10. The third-order valence-corrected chi connectivity index (χ3v) is 5.74. The largest absolute Gasteiger partial charge is 0.263 e. The summed E-state index contributed by atoms with van der Waals surface area (Å²) < 4.78 is 1.05. The van der Waals surface area contributed by atoms with Gasteiger partial charge in [-0.3, -0.25) is 4.98 Å². The average molecular weight is 414 g/mol. The molecule has 0 atom stereocenters. The molecule has 0 saturated heterocycles. The molecule has 0 bridgehead atoms. The zero-order chi connectivity index (χ0) is 12.2. The van der Waals surface area contributed by atoms with Crippen LogP contribution in [0.1, 0.15) is 19.4 Å². The molecule has 0 aliphatic carbocycles. The van der Waals surface area contributed by atoms with Crippen LogP contribution in [-0.4, -0.2) is 15.6 Å². The third kappa shape index (κ3) is 3.54. The maximum absolute atomic E-state index is 4.22. The number of hydrogen-bond donors (Lipinski definition) is 0. The zero-order valence-electron chi connectivity index (χ0n) is 9.51. The van der Waals surface area contributed by atoms with Crippen LogP contribution in [0.3, 0.4) is 0 Å². The highest BCUT2D eigenvalue weighted by Crippen LogP contribution is 2.36. The van der Waals surface area contributed by atoms with Crippen molar-refractivity contribution >= 4 is 47.8 Å². The lowest BCUT2D eigenvalue weighted by Crippen LogP contribution is -2.33. The van der Waals surface area contributed by atoms with Crippen molar-refractivity contribution in [3.8, 4) is 0 Å². The molecule has 1 aromatic heterocycles. The van der Waals surface area contributed by atoms with Gasteiger partial charge in [-0.2, -0.15) is 0 Å². The minimum atomic E-state index is 0.252. The van der Waals surface area contributed by atoms with Gasteiger partial charge in [-0.1, -0.05) is 45.7 Å². The standard InChI is InChI=1S/C12H16Br3N/c1-9(2)12(7-13,8-14)4-10-3-11(15)6-16-5-10/h3,5-6,9H,4,7-8H2,1-2H3. The summed E-state index contributed by atoms with van der Waals surface area (Å²) in [5.41, 5.74) is 1.53. The van der Waals surface area contributed by atoms with Crippen molar-refractivity contribution in [2.75, 3.05) is 10.7 Å². The molecule has 1 heterocycles. The van der Waals surface area contributed by atoms with E-state index in [4.69, 9.17) is 0 Å². The van der Waals surface area contributed by atoms with Crippen LogP contribution in [0.25, 0.3) is 0 Å². The summed E-state index contributed by atoms with van der Waals surface area (Å²) >= 11 is 10.8. The van der Waals surface area contributed by atoms with E-state index in [1.54, 1.807) is 0 Å². The van der Waals surface area contributed by atoms with Gasteiger partial charge >= 0.3 is 0 Å². The van der Waals surface area contributed by atoms with Crippen LogP contribution in [-0.2, 0) is 6.42 Å². The van der Waals surface area contributed by atoms with E-state index < -0.39 is 0 Å². The first-order valence-electron chi connectivity index (χ1n) is 5.25. The molecule has 0 fully saturated rings. The summed E-state index contributed by atoms with van der Waals surface area (Å²) in [7, 11) is 0. The number of rotatable bonds is 5. The van der Waals surface area contributed by atoms with Gasteiger partial charge in [0.15, 0.2) is 0 Å². The molecule has 1 aromatic rings. The molecular weight excluding hydrogens is 398 g/mol. The summed E-state index contributed by atoms with van der Waals surface area (Å²) in [6.07, 6.45) is 4.81. The van der Waals surface area contributed by atoms with Gasteiger partial charge in [0.05, 0.1) is 0 Å². The Kier molecular flexibility index (Phi) is 5.95. The lowest BCUT2D eigenvalue weighted by atomic mass is 9.76. The van der Waals surface area contributed by atoms with Crippen LogP contribution in [0.15, 0.2) is 22.9 Å². The predicted molar refractivity (Wildman–Crippen MR) is 80.5 cm³/mol. The van der Waals surface area contributed by atoms with Crippen molar-refractivity contribution in [1.82, 2.24) is 4.98 Å². The first kappa shape index (κ1) is 14.7. The fourth-order valence-electron chi connectivity index (χ4n) is 1.60. The molecule has 4 heteroatoms. The summed E-state index contributed by atoms with van der Waals surface area (Å²) in [5.74, 6) is 0.616. The second-order valence-electron chi connectivity index (χ2n) is 4.47. The molecule has 0 unspecified atom stereocenters. The van der Waals surface area contributed by atoms with Crippen molar-refractivity contribution in [3.63, 3.8) is 0 Å². The molecule has 0 aliphatic heterocycles. The van der Waals surface area contributed by atoms with E-state index in [-0.39, 0.29) is 5.41 Å². The van der Waals surface area contributed by atoms with E-state index in [2.05, 4.69) is 72.7 Å². The molecule has 0 amide bonds. The number of nitrogens with zero attached hydrogens (tertiary/aromatic N) is 1. The van der Waals surface area contributed by atoms with Crippen LogP contribution in [0.5, 0.6) is 0 Å². The average Bonchev–Trinajstić information content (AvgIpc) is 2.25.